The molecule has 3 N–H and O–H groups in total. The van der Waals surface area contributed by atoms with Crippen LogP contribution in [0.15, 0.2) is 30.3 Å². The number of benzene rings is 2. The topological polar surface area (TPSA) is 91.0 Å². The summed E-state index contributed by atoms with van der Waals surface area (Å²) in [6.07, 6.45) is 0.112. The number of carboxylic acids is 1. The lowest BCUT2D eigenvalue weighted by Gasteiger charge is -2.15. The third kappa shape index (κ3) is 4.94. The summed E-state index contributed by atoms with van der Waals surface area (Å²) in [6, 6.07) is 7.52. The highest BCUT2D eigenvalue weighted by atomic mass is 35.5. The van der Waals surface area contributed by atoms with Crippen molar-refractivity contribution < 1.29 is 24.1 Å². The first-order valence-corrected chi connectivity index (χ1v) is 8.41. The van der Waals surface area contributed by atoms with Crippen LogP contribution < -0.4 is 19.9 Å². The fourth-order valence-corrected chi connectivity index (χ4v) is 2.97. The van der Waals surface area contributed by atoms with Gasteiger partial charge in [-0.15, -0.1) is 0 Å². The van der Waals surface area contributed by atoms with Crippen molar-refractivity contribution >= 4 is 29.2 Å². The molecule has 0 spiro atoms. The molecule has 0 bridgehead atoms. The van der Waals surface area contributed by atoms with Gasteiger partial charge in [0.1, 0.15) is 24.1 Å². The lowest BCUT2D eigenvalue weighted by atomic mass is 10.1. The third-order valence-electron chi connectivity index (χ3n) is 3.70. The Balaban J connectivity index is 2.16. The van der Waals surface area contributed by atoms with Crippen molar-refractivity contribution in [1.29, 1.82) is 0 Å². The van der Waals surface area contributed by atoms with Gasteiger partial charge in [-0.2, -0.15) is 0 Å². The predicted octanol–water partition coefficient (Wildman–Crippen LogP) is 3.54. The zero-order valence-corrected chi connectivity index (χ0v) is 15.8. The second-order valence-electron chi connectivity index (χ2n) is 5.50. The summed E-state index contributed by atoms with van der Waals surface area (Å²) in [7, 11) is 3.13. The van der Waals surface area contributed by atoms with E-state index >= 15 is 0 Å². The average Bonchev–Trinajstić information content (AvgIpc) is 2.60. The Bertz CT molecular complexity index is 774. The highest BCUT2D eigenvalue weighted by Crippen LogP contribution is 2.36. The van der Waals surface area contributed by atoms with Crippen molar-refractivity contribution in [2.75, 3.05) is 14.2 Å². The van der Waals surface area contributed by atoms with Crippen molar-refractivity contribution in [3.05, 3.63) is 51.5 Å². The van der Waals surface area contributed by atoms with Gasteiger partial charge in [0, 0.05) is 11.6 Å². The zero-order valence-electron chi connectivity index (χ0n) is 14.3. The van der Waals surface area contributed by atoms with Crippen LogP contribution in [0.1, 0.15) is 11.1 Å². The average molecular weight is 400 g/mol. The summed E-state index contributed by atoms with van der Waals surface area (Å²) in [5.41, 5.74) is 6.94. The first-order chi connectivity index (χ1) is 12.3. The molecular weight excluding hydrogens is 381 g/mol. The van der Waals surface area contributed by atoms with Gasteiger partial charge in [0.05, 0.1) is 24.3 Å². The molecule has 0 heterocycles. The molecule has 0 amide bonds. The fraction of sp³-hybridized carbons (Fsp3) is 0.278. The van der Waals surface area contributed by atoms with Gasteiger partial charge in [-0.3, -0.25) is 4.79 Å². The molecule has 0 unspecified atom stereocenters. The third-order valence-corrected chi connectivity index (χ3v) is 4.26. The number of hydrogen-bond acceptors (Lipinski definition) is 5. The molecule has 0 aromatic heterocycles. The van der Waals surface area contributed by atoms with Crippen LogP contribution in [-0.4, -0.2) is 31.3 Å². The number of carbonyl (C=O) groups is 1. The molecule has 0 fully saturated rings. The van der Waals surface area contributed by atoms with Crippen molar-refractivity contribution in [2.45, 2.75) is 19.1 Å². The maximum atomic E-state index is 10.9. The van der Waals surface area contributed by atoms with E-state index < -0.39 is 12.0 Å². The lowest BCUT2D eigenvalue weighted by Crippen LogP contribution is -2.32. The summed E-state index contributed by atoms with van der Waals surface area (Å²) in [5.74, 6) is 0.490. The van der Waals surface area contributed by atoms with Gasteiger partial charge in [-0.1, -0.05) is 23.2 Å². The first kappa shape index (κ1) is 20.2. The summed E-state index contributed by atoms with van der Waals surface area (Å²) >= 11 is 12.5. The SMILES string of the molecule is COc1ccc(COc2c(Cl)cc(C[C@H](N)C(=O)O)cc2Cl)c(OC)c1. The second kappa shape index (κ2) is 8.98. The minimum atomic E-state index is -1.09. The number of ether oxygens (including phenoxy) is 3. The minimum absolute atomic E-state index is 0.112. The van der Waals surface area contributed by atoms with Gasteiger partial charge < -0.3 is 25.1 Å². The van der Waals surface area contributed by atoms with Gasteiger partial charge in [0.15, 0.2) is 5.75 Å². The van der Waals surface area contributed by atoms with Gasteiger partial charge in [-0.25, -0.2) is 0 Å². The van der Waals surface area contributed by atoms with Crippen LogP contribution in [0.2, 0.25) is 10.0 Å². The normalized spacial score (nSPS) is 11.7. The van der Waals surface area contributed by atoms with E-state index in [1.54, 1.807) is 38.5 Å². The van der Waals surface area contributed by atoms with E-state index in [-0.39, 0.29) is 23.1 Å². The van der Waals surface area contributed by atoms with E-state index in [4.69, 9.17) is 48.3 Å². The van der Waals surface area contributed by atoms with Gasteiger partial charge in [-0.05, 0) is 36.2 Å². The Morgan fingerprint density at radius 2 is 1.81 bits per heavy atom. The molecule has 8 heteroatoms. The first-order valence-electron chi connectivity index (χ1n) is 7.65. The van der Waals surface area contributed by atoms with E-state index in [0.717, 1.165) is 5.56 Å². The fourth-order valence-electron chi connectivity index (χ4n) is 2.33. The largest absolute Gasteiger partial charge is 0.497 e. The summed E-state index contributed by atoms with van der Waals surface area (Å²) in [6.45, 7) is 0.181. The molecule has 0 saturated heterocycles. The maximum Gasteiger partial charge on any atom is 0.320 e. The number of halogens is 2. The van der Waals surface area contributed by atoms with Crippen LogP contribution in [0.25, 0.3) is 0 Å². The van der Waals surface area contributed by atoms with E-state index in [1.807, 2.05) is 6.07 Å². The van der Waals surface area contributed by atoms with Gasteiger partial charge in [0.25, 0.3) is 0 Å². The molecule has 0 aliphatic rings. The lowest BCUT2D eigenvalue weighted by molar-refractivity contribution is -0.138. The number of rotatable bonds is 8. The number of nitrogens with two attached hydrogens (primary N) is 1. The van der Waals surface area contributed by atoms with E-state index in [1.165, 1.54) is 0 Å². The van der Waals surface area contributed by atoms with Crippen molar-refractivity contribution in [2.24, 2.45) is 5.73 Å². The second-order valence-corrected chi connectivity index (χ2v) is 6.32. The van der Waals surface area contributed by atoms with Crippen LogP contribution in [0.4, 0.5) is 0 Å². The molecule has 0 aliphatic heterocycles. The molecule has 2 aromatic rings. The number of methoxy groups -OCH3 is 2. The summed E-state index contributed by atoms with van der Waals surface area (Å²) in [5, 5.41) is 9.45. The molecule has 2 aromatic carbocycles. The summed E-state index contributed by atoms with van der Waals surface area (Å²) < 4.78 is 16.2. The van der Waals surface area contributed by atoms with Crippen LogP contribution in [0.5, 0.6) is 17.2 Å². The van der Waals surface area contributed by atoms with Crippen LogP contribution in [0, 0.1) is 0 Å². The maximum absolute atomic E-state index is 10.9. The molecule has 0 aliphatic carbocycles. The van der Waals surface area contributed by atoms with E-state index in [9.17, 15) is 4.79 Å². The zero-order chi connectivity index (χ0) is 19.3. The minimum Gasteiger partial charge on any atom is -0.497 e. The highest BCUT2D eigenvalue weighted by Gasteiger charge is 2.16. The summed E-state index contributed by atoms with van der Waals surface area (Å²) in [4.78, 5) is 10.9. The smallest absolute Gasteiger partial charge is 0.320 e. The Labute approximate surface area is 161 Å². The Morgan fingerprint density at radius 1 is 1.15 bits per heavy atom. The number of aliphatic carboxylic acids is 1. The van der Waals surface area contributed by atoms with E-state index in [2.05, 4.69) is 0 Å². The van der Waals surface area contributed by atoms with E-state index in [0.29, 0.717) is 22.8 Å². The quantitative estimate of drug-likeness (QED) is 0.705. The van der Waals surface area contributed by atoms with Crippen molar-refractivity contribution in [3.63, 3.8) is 0 Å². The Morgan fingerprint density at radius 3 is 2.35 bits per heavy atom. The Hall–Kier alpha value is -2.15. The monoisotopic (exact) mass is 399 g/mol. The highest BCUT2D eigenvalue weighted by molar-refractivity contribution is 6.37. The van der Waals surface area contributed by atoms with Crippen molar-refractivity contribution in [3.8, 4) is 17.2 Å². The Kier molecular flexibility index (Phi) is 6.97. The number of carboxylic acid groups (broad SMARTS) is 1. The number of hydrogen-bond donors (Lipinski definition) is 2. The van der Waals surface area contributed by atoms with Crippen molar-refractivity contribution in [1.82, 2.24) is 0 Å². The predicted molar refractivity (Wildman–Crippen MR) is 99.7 cm³/mol. The molecule has 26 heavy (non-hydrogen) atoms. The molecule has 140 valence electrons. The molecule has 2 rings (SSSR count). The van der Waals surface area contributed by atoms with Gasteiger partial charge >= 0.3 is 5.97 Å². The standard InChI is InChI=1S/C18H19Cl2NO5/c1-24-12-4-3-11(16(8-12)25-2)9-26-17-13(19)5-10(6-14(17)20)7-15(21)18(22)23/h3-6,8,15H,7,9,21H2,1-2H3,(H,22,23)/t15-/m0/s1. The van der Waals surface area contributed by atoms with Gasteiger partial charge in [0.2, 0.25) is 0 Å². The molecule has 0 radical (unpaired) electrons. The molecule has 0 saturated carbocycles. The van der Waals surface area contributed by atoms with Crippen LogP contribution >= 0.6 is 23.2 Å². The molecule has 6 nitrogen and oxygen atoms in total. The molecule has 1 atom stereocenters. The van der Waals surface area contributed by atoms with Crippen LogP contribution in [-0.2, 0) is 17.8 Å². The van der Waals surface area contributed by atoms with Crippen LogP contribution in [0.3, 0.4) is 0 Å². The molecular formula is C18H19Cl2NO5.